The first-order valence-electron chi connectivity index (χ1n) is 7.95. The summed E-state index contributed by atoms with van der Waals surface area (Å²) in [7, 11) is 0. The Hall–Kier alpha value is -2.34. The van der Waals surface area contributed by atoms with Crippen LogP contribution in [-0.4, -0.2) is 16.0 Å². The lowest BCUT2D eigenvalue weighted by Gasteiger charge is -2.26. The predicted octanol–water partition coefficient (Wildman–Crippen LogP) is 3.87. The van der Waals surface area contributed by atoms with Crippen LogP contribution in [0.3, 0.4) is 0 Å². The molecule has 0 aliphatic heterocycles. The zero-order valence-corrected chi connectivity index (χ0v) is 12.9. The van der Waals surface area contributed by atoms with E-state index >= 15 is 0 Å². The highest BCUT2D eigenvalue weighted by Gasteiger charge is 2.18. The summed E-state index contributed by atoms with van der Waals surface area (Å²) in [6.07, 6.45) is 8.57. The second kappa shape index (κ2) is 7.09. The summed E-state index contributed by atoms with van der Waals surface area (Å²) in [4.78, 5) is 8.76. The minimum atomic E-state index is 0.512. The molecular formula is C19H21N3. The van der Waals surface area contributed by atoms with Crippen molar-refractivity contribution in [3.05, 3.63) is 53.9 Å². The fourth-order valence-corrected chi connectivity index (χ4v) is 2.72. The van der Waals surface area contributed by atoms with E-state index in [0.29, 0.717) is 12.0 Å². The Kier molecular flexibility index (Phi) is 4.70. The van der Waals surface area contributed by atoms with Crippen LogP contribution in [0.1, 0.15) is 43.7 Å². The molecule has 3 nitrogen and oxygen atoms in total. The highest BCUT2D eigenvalue weighted by molar-refractivity contribution is 5.41. The number of benzene rings is 1. The smallest absolute Gasteiger partial charge is 0.222 e. The average molecular weight is 291 g/mol. The van der Waals surface area contributed by atoms with E-state index in [9.17, 15) is 0 Å². The number of hydrogen-bond acceptors (Lipinski definition) is 3. The molecule has 3 heteroatoms. The van der Waals surface area contributed by atoms with Crippen molar-refractivity contribution in [1.82, 2.24) is 9.97 Å². The molecule has 0 atom stereocenters. The molecule has 2 aromatic rings. The topological polar surface area (TPSA) is 37.8 Å². The Bertz CT molecular complexity index is 645. The van der Waals surface area contributed by atoms with Crippen molar-refractivity contribution in [2.75, 3.05) is 5.32 Å². The number of nitrogens with one attached hydrogen (secondary N) is 1. The largest absolute Gasteiger partial charge is 0.351 e. The Morgan fingerprint density at radius 3 is 2.23 bits per heavy atom. The van der Waals surface area contributed by atoms with Gasteiger partial charge in [-0.1, -0.05) is 37.0 Å². The van der Waals surface area contributed by atoms with Crippen molar-refractivity contribution >= 4 is 5.95 Å². The number of aromatic nitrogens is 2. The van der Waals surface area contributed by atoms with E-state index in [-0.39, 0.29) is 0 Å². The van der Waals surface area contributed by atoms with Gasteiger partial charge >= 0.3 is 0 Å². The lowest BCUT2D eigenvalue weighted by atomic mass is 9.87. The molecule has 1 aliphatic carbocycles. The van der Waals surface area contributed by atoms with Gasteiger partial charge in [0.15, 0.2) is 0 Å². The van der Waals surface area contributed by atoms with Crippen LogP contribution in [0.2, 0.25) is 0 Å². The van der Waals surface area contributed by atoms with Crippen LogP contribution in [0.15, 0.2) is 42.7 Å². The molecule has 112 valence electrons. The number of anilines is 1. The standard InChI is InChI=1S/C19H21N3/c1-15-7-11-18(12-8-15)22-19-20-13-17(14-21-19)10-9-16-5-3-2-4-6-16/h2-6,13-15,18H,7-8,11-12H2,1H3,(H,20,21,22)/t15-,18-. The van der Waals surface area contributed by atoms with Gasteiger partial charge < -0.3 is 5.32 Å². The Balaban J connectivity index is 1.60. The van der Waals surface area contributed by atoms with Gasteiger partial charge in [0.1, 0.15) is 0 Å². The quantitative estimate of drug-likeness (QED) is 0.854. The molecule has 1 heterocycles. The molecule has 1 fully saturated rings. The maximum Gasteiger partial charge on any atom is 0.222 e. The van der Waals surface area contributed by atoms with E-state index in [2.05, 4.69) is 34.0 Å². The number of nitrogens with zero attached hydrogens (tertiary/aromatic N) is 2. The van der Waals surface area contributed by atoms with Crippen LogP contribution in [0.5, 0.6) is 0 Å². The maximum atomic E-state index is 4.38. The van der Waals surface area contributed by atoms with Gasteiger partial charge in [-0.15, -0.1) is 0 Å². The van der Waals surface area contributed by atoms with Crippen LogP contribution in [-0.2, 0) is 0 Å². The molecule has 0 amide bonds. The zero-order chi connectivity index (χ0) is 15.2. The van der Waals surface area contributed by atoms with Crippen LogP contribution in [0.25, 0.3) is 0 Å². The average Bonchev–Trinajstić information content (AvgIpc) is 2.57. The fourth-order valence-electron chi connectivity index (χ4n) is 2.72. The summed E-state index contributed by atoms with van der Waals surface area (Å²) in [5.41, 5.74) is 1.84. The number of rotatable bonds is 2. The zero-order valence-electron chi connectivity index (χ0n) is 12.9. The normalized spacial score (nSPS) is 20.8. The molecule has 0 unspecified atom stereocenters. The van der Waals surface area contributed by atoms with Crippen molar-refractivity contribution < 1.29 is 0 Å². The molecular weight excluding hydrogens is 270 g/mol. The van der Waals surface area contributed by atoms with Crippen molar-refractivity contribution in [2.24, 2.45) is 5.92 Å². The second-order valence-electron chi connectivity index (χ2n) is 6.01. The van der Waals surface area contributed by atoms with Crippen LogP contribution in [0, 0.1) is 17.8 Å². The lowest BCUT2D eigenvalue weighted by molar-refractivity contribution is 0.360. The highest BCUT2D eigenvalue weighted by Crippen LogP contribution is 2.25. The Morgan fingerprint density at radius 2 is 1.55 bits per heavy atom. The summed E-state index contributed by atoms with van der Waals surface area (Å²) in [5.74, 6) is 7.78. The van der Waals surface area contributed by atoms with Crippen LogP contribution in [0.4, 0.5) is 5.95 Å². The van der Waals surface area contributed by atoms with E-state index in [1.54, 1.807) is 12.4 Å². The SMILES string of the molecule is C[C@H]1CC[C@H](Nc2ncc(C#Cc3ccccc3)cn2)CC1. The predicted molar refractivity (Wildman–Crippen MR) is 89.5 cm³/mol. The van der Waals surface area contributed by atoms with Crippen molar-refractivity contribution in [2.45, 2.75) is 38.6 Å². The van der Waals surface area contributed by atoms with E-state index < -0.39 is 0 Å². The van der Waals surface area contributed by atoms with Gasteiger partial charge in [-0.05, 0) is 43.7 Å². The monoisotopic (exact) mass is 291 g/mol. The van der Waals surface area contributed by atoms with Gasteiger partial charge in [0.25, 0.3) is 0 Å². The van der Waals surface area contributed by atoms with E-state index in [0.717, 1.165) is 17.0 Å². The van der Waals surface area contributed by atoms with Gasteiger partial charge in [-0.2, -0.15) is 0 Å². The molecule has 22 heavy (non-hydrogen) atoms. The molecule has 0 spiro atoms. The van der Waals surface area contributed by atoms with Gasteiger partial charge in [0, 0.05) is 24.0 Å². The van der Waals surface area contributed by atoms with E-state index in [4.69, 9.17) is 0 Å². The summed E-state index contributed by atoms with van der Waals surface area (Å²) in [6, 6.07) is 10.5. The number of hydrogen-bond donors (Lipinski definition) is 1. The molecule has 1 aromatic carbocycles. The van der Waals surface area contributed by atoms with E-state index in [1.807, 2.05) is 30.3 Å². The molecule has 0 saturated heterocycles. The molecule has 0 radical (unpaired) electrons. The first-order chi connectivity index (χ1) is 10.8. The van der Waals surface area contributed by atoms with Crippen molar-refractivity contribution in [3.8, 4) is 11.8 Å². The highest BCUT2D eigenvalue weighted by atomic mass is 15.1. The van der Waals surface area contributed by atoms with E-state index in [1.165, 1.54) is 25.7 Å². The maximum absolute atomic E-state index is 4.38. The van der Waals surface area contributed by atoms with Gasteiger partial charge in [-0.3, -0.25) is 0 Å². The van der Waals surface area contributed by atoms with Crippen molar-refractivity contribution in [1.29, 1.82) is 0 Å². The molecule has 1 aliphatic rings. The first-order valence-corrected chi connectivity index (χ1v) is 7.95. The third-order valence-electron chi connectivity index (χ3n) is 4.13. The van der Waals surface area contributed by atoms with Gasteiger partial charge in [-0.25, -0.2) is 9.97 Å². The third kappa shape index (κ3) is 4.08. The molecule has 1 saturated carbocycles. The Morgan fingerprint density at radius 1 is 0.909 bits per heavy atom. The van der Waals surface area contributed by atoms with Gasteiger partial charge in [0.05, 0.1) is 5.56 Å². The molecule has 3 rings (SSSR count). The third-order valence-corrected chi connectivity index (χ3v) is 4.13. The summed E-state index contributed by atoms with van der Waals surface area (Å²) < 4.78 is 0. The minimum Gasteiger partial charge on any atom is -0.351 e. The molecule has 1 N–H and O–H groups in total. The Labute approximate surface area is 132 Å². The summed E-state index contributed by atoms with van der Waals surface area (Å²) >= 11 is 0. The fraction of sp³-hybridized carbons (Fsp3) is 0.368. The van der Waals surface area contributed by atoms with Gasteiger partial charge in [0.2, 0.25) is 5.95 Å². The summed E-state index contributed by atoms with van der Waals surface area (Å²) in [5, 5.41) is 3.43. The second-order valence-corrected chi connectivity index (χ2v) is 6.01. The summed E-state index contributed by atoms with van der Waals surface area (Å²) in [6.45, 7) is 2.33. The molecule has 1 aromatic heterocycles. The minimum absolute atomic E-state index is 0.512. The van der Waals surface area contributed by atoms with Crippen LogP contribution >= 0.6 is 0 Å². The lowest BCUT2D eigenvalue weighted by Crippen LogP contribution is -2.26. The molecule has 0 bridgehead atoms. The van der Waals surface area contributed by atoms with Crippen LogP contribution < -0.4 is 5.32 Å². The van der Waals surface area contributed by atoms with Crippen molar-refractivity contribution in [3.63, 3.8) is 0 Å². The first kappa shape index (κ1) is 14.6.